The van der Waals surface area contributed by atoms with Crippen LogP contribution in [-0.4, -0.2) is 16.4 Å². The molecule has 2 rings (SSSR count). The van der Waals surface area contributed by atoms with Crippen molar-refractivity contribution >= 4 is 50.5 Å². The van der Waals surface area contributed by atoms with Gasteiger partial charge in [-0.1, -0.05) is 11.3 Å². The van der Waals surface area contributed by atoms with Crippen LogP contribution in [0.4, 0.5) is 11.6 Å². The van der Waals surface area contributed by atoms with E-state index in [1.165, 1.54) is 8.58 Å². The number of imidazole rings is 1. The summed E-state index contributed by atoms with van der Waals surface area (Å²) < 4.78 is 3.29. The summed E-state index contributed by atoms with van der Waals surface area (Å²) >= 11 is 3.96. The van der Waals surface area contributed by atoms with Crippen LogP contribution in [0.2, 0.25) is 0 Å². The minimum absolute atomic E-state index is 0.563. The number of fused-ring (bicyclic) bond motifs is 1. The van der Waals surface area contributed by atoms with E-state index >= 15 is 0 Å². The Labute approximate surface area is 93.3 Å². The molecule has 0 unspecified atom stereocenters. The largest absolute Gasteiger partial charge is 0.381 e. The number of nitrogens with two attached hydrogens (primary N) is 1. The van der Waals surface area contributed by atoms with Gasteiger partial charge in [0.15, 0.2) is 16.6 Å². The summed E-state index contributed by atoms with van der Waals surface area (Å²) in [4.78, 5) is 5.21. The average Bonchev–Trinajstić information content (AvgIpc) is 2.51. The second kappa shape index (κ2) is 3.02. The third-order valence-electron chi connectivity index (χ3n) is 1.91. The maximum absolute atomic E-state index is 5.74. The molecule has 0 bridgehead atoms. The summed E-state index contributed by atoms with van der Waals surface area (Å²) in [6, 6.07) is 0. The third kappa shape index (κ3) is 1.19. The van der Waals surface area contributed by atoms with Crippen LogP contribution in [0, 0.1) is 9.81 Å². The van der Waals surface area contributed by atoms with E-state index in [1.807, 2.05) is 11.4 Å². The number of hydrogen-bond donors (Lipinski definition) is 2. The molecule has 0 amide bonds. The zero-order valence-corrected chi connectivity index (χ0v) is 10.2. The number of rotatable bonds is 1. The van der Waals surface area contributed by atoms with Gasteiger partial charge in [0.2, 0.25) is 0 Å². The van der Waals surface area contributed by atoms with Crippen LogP contribution in [-0.2, 0) is 0 Å². The van der Waals surface area contributed by atoms with Crippen LogP contribution in [0.5, 0.6) is 0 Å². The van der Waals surface area contributed by atoms with Crippen molar-refractivity contribution in [1.82, 2.24) is 9.38 Å². The van der Waals surface area contributed by atoms with Crippen LogP contribution in [0.1, 0.15) is 5.69 Å². The van der Waals surface area contributed by atoms with E-state index in [0.29, 0.717) is 5.82 Å². The highest BCUT2D eigenvalue weighted by atomic mass is 127. The minimum atomic E-state index is 0.563. The number of nitrogen functional groups attached to an aromatic ring is 1. The first-order valence-electron chi connectivity index (χ1n) is 3.75. The summed E-state index contributed by atoms with van der Waals surface area (Å²) in [6.45, 7) is 2.06. The van der Waals surface area contributed by atoms with Gasteiger partial charge in [0.1, 0.15) is 0 Å². The van der Waals surface area contributed by atoms with E-state index in [-0.39, 0.29) is 0 Å². The Hall–Kier alpha value is -0.500. The first-order chi connectivity index (χ1) is 6.15. The summed E-state index contributed by atoms with van der Waals surface area (Å²) in [5, 5.41) is 3.05. The molecule has 0 aliphatic carbocycles. The number of aryl methyl sites for hydroxylation is 1. The Kier molecular flexibility index (Phi) is 2.11. The molecule has 0 spiro atoms. The summed E-state index contributed by atoms with van der Waals surface area (Å²) in [5.41, 5.74) is 6.93. The molecule has 2 aromatic heterocycles. The molecule has 4 nitrogen and oxygen atoms in total. The predicted molar refractivity (Wildman–Crippen MR) is 64.5 cm³/mol. The molecule has 2 heterocycles. The second-order valence-corrected chi connectivity index (χ2v) is 5.46. The highest BCUT2D eigenvalue weighted by Gasteiger charge is 2.14. The number of hydrogen-bond acceptors (Lipinski definition) is 4. The molecule has 0 aliphatic rings. The van der Waals surface area contributed by atoms with Crippen LogP contribution in [0.3, 0.4) is 0 Å². The number of aromatic nitrogens is 2. The van der Waals surface area contributed by atoms with E-state index in [2.05, 4.69) is 39.8 Å². The highest BCUT2D eigenvalue weighted by molar-refractivity contribution is 14.1. The van der Waals surface area contributed by atoms with Crippen LogP contribution < -0.4 is 11.1 Å². The van der Waals surface area contributed by atoms with Crippen molar-refractivity contribution in [2.24, 2.45) is 0 Å². The molecule has 0 saturated carbocycles. The fourth-order valence-electron chi connectivity index (χ4n) is 1.28. The fourth-order valence-corrected chi connectivity index (χ4v) is 2.97. The molecule has 0 saturated heterocycles. The molecule has 0 fully saturated rings. The predicted octanol–water partition coefficient (Wildman–Crippen LogP) is 1.93. The Balaban J connectivity index is 2.86. The Bertz CT molecular complexity index is 458. The molecule has 0 radical (unpaired) electrons. The van der Waals surface area contributed by atoms with E-state index < -0.39 is 0 Å². The quantitative estimate of drug-likeness (QED) is 0.792. The standard InChI is InChI=1S/C7H9IN4S/c1-3-4(8)13-7-11-5(9)6(10-2)12(3)7/h10H,9H2,1-2H3. The van der Waals surface area contributed by atoms with Crippen molar-refractivity contribution in [3.63, 3.8) is 0 Å². The van der Waals surface area contributed by atoms with Gasteiger partial charge in [-0.2, -0.15) is 4.98 Å². The van der Waals surface area contributed by atoms with Crippen LogP contribution in [0.15, 0.2) is 0 Å². The smallest absolute Gasteiger partial charge is 0.198 e. The Morgan fingerprint density at radius 2 is 2.31 bits per heavy atom. The van der Waals surface area contributed by atoms with Crippen molar-refractivity contribution in [2.45, 2.75) is 6.92 Å². The Morgan fingerprint density at radius 3 is 2.92 bits per heavy atom. The molecule has 2 aromatic rings. The van der Waals surface area contributed by atoms with Crippen LogP contribution >= 0.6 is 33.9 Å². The maximum atomic E-state index is 5.74. The highest BCUT2D eigenvalue weighted by Crippen LogP contribution is 2.30. The van der Waals surface area contributed by atoms with E-state index in [1.54, 1.807) is 11.3 Å². The van der Waals surface area contributed by atoms with Crippen molar-refractivity contribution < 1.29 is 0 Å². The molecular formula is C7H9IN4S. The molecular weight excluding hydrogens is 299 g/mol. The third-order valence-corrected chi connectivity index (χ3v) is 4.28. The molecule has 0 atom stereocenters. The number of nitrogens with one attached hydrogen (secondary N) is 1. The van der Waals surface area contributed by atoms with Crippen molar-refractivity contribution in [3.05, 3.63) is 8.58 Å². The van der Waals surface area contributed by atoms with Crippen molar-refractivity contribution in [1.29, 1.82) is 0 Å². The first-order valence-corrected chi connectivity index (χ1v) is 5.65. The lowest BCUT2D eigenvalue weighted by Gasteiger charge is -1.99. The molecule has 13 heavy (non-hydrogen) atoms. The lowest BCUT2D eigenvalue weighted by molar-refractivity contribution is 1.12. The van der Waals surface area contributed by atoms with Gasteiger partial charge in [-0.3, -0.25) is 4.40 Å². The lowest BCUT2D eigenvalue weighted by Crippen LogP contribution is -1.98. The Morgan fingerprint density at radius 1 is 1.62 bits per heavy atom. The van der Waals surface area contributed by atoms with Gasteiger partial charge in [-0.25, -0.2) is 0 Å². The second-order valence-electron chi connectivity index (χ2n) is 2.67. The van der Waals surface area contributed by atoms with Gasteiger partial charge in [0.05, 0.1) is 2.88 Å². The minimum Gasteiger partial charge on any atom is -0.381 e. The monoisotopic (exact) mass is 308 g/mol. The summed E-state index contributed by atoms with van der Waals surface area (Å²) in [6.07, 6.45) is 0. The topological polar surface area (TPSA) is 55.3 Å². The van der Waals surface area contributed by atoms with Gasteiger partial charge >= 0.3 is 0 Å². The maximum Gasteiger partial charge on any atom is 0.198 e. The molecule has 6 heteroatoms. The summed E-state index contributed by atoms with van der Waals surface area (Å²) in [5.74, 6) is 1.44. The van der Waals surface area contributed by atoms with E-state index in [4.69, 9.17) is 5.73 Å². The van der Waals surface area contributed by atoms with Crippen LogP contribution in [0.25, 0.3) is 4.96 Å². The van der Waals surface area contributed by atoms with Gasteiger partial charge in [-0.05, 0) is 29.5 Å². The molecule has 3 N–H and O–H groups in total. The van der Waals surface area contributed by atoms with Crippen molar-refractivity contribution in [2.75, 3.05) is 18.1 Å². The average molecular weight is 308 g/mol. The first kappa shape index (κ1) is 9.07. The molecule has 70 valence electrons. The van der Waals surface area contributed by atoms with Gasteiger partial charge in [0.25, 0.3) is 0 Å². The number of thiazole rings is 1. The number of anilines is 2. The SMILES string of the molecule is CNc1c(N)nc2sc(I)c(C)n12. The molecule has 0 aliphatic heterocycles. The van der Waals surface area contributed by atoms with E-state index in [9.17, 15) is 0 Å². The lowest BCUT2D eigenvalue weighted by atomic mass is 10.5. The normalized spacial score (nSPS) is 11.0. The fraction of sp³-hybridized carbons (Fsp3) is 0.286. The number of nitrogens with zero attached hydrogens (tertiary/aromatic N) is 2. The van der Waals surface area contributed by atoms with Gasteiger partial charge < -0.3 is 11.1 Å². The van der Waals surface area contributed by atoms with Gasteiger partial charge in [0, 0.05) is 12.7 Å². The summed E-state index contributed by atoms with van der Waals surface area (Å²) in [7, 11) is 1.85. The zero-order valence-electron chi connectivity index (χ0n) is 7.26. The van der Waals surface area contributed by atoms with Crippen molar-refractivity contribution in [3.8, 4) is 0 Å². The molecule has 0 aromatic carbocycles. The van der Waals surface area contributed by atoms with E-state index in [0.717, 1.165) is 10.8 Å². The number of halogens is 1. The zero-order chi connectivity index (χ0) is 9.59. The van der Waals surface area contributed by atoms with Gasteiger partial charge in [-0.15, -0.1) is 0 Å².